The van der Waals surface area contributed by atoms with E-state index >= 15 is 0 Å². The predicted molar refractivity (Wildman–Crippen MR) is 120 cm³/mol. The third kappa shape index (κ3) is 7.15. The van der Waals surface area contributed by atoms with E-state index < -0.39 is 0 Å². The molecule has 2 heterocycles. The smallest absolute Gasteiger partial charge is 0.193 e. The van der Waals surface area contributed by atoms with Gasteiger partial charge in [-0.05, 0) is 24.7 Å². The monoisotopic (exact) mass is 478 g/mol. The molecule has 0 aromatic heterocycles. The molecule has 0 aromatic carbocycles. The van der Waals surface area contributed by atoms with E-state index in [1.807, 2.05) is 7.05 Å². The molecular formula is C20H39IN4O. The lowest BCUT2D eigenvalue weighted by Crippen LogP contribution is -2.42. The number of ether oxygens (including phenoxy) is 1. The fourth-order valence-corrected chi connectivity index (χ4v) is 4.71. The van der Waals surface area contributed by atoms with E-state index in [4.69, 9.17) is 4.74 Å². The molecular weight excluding hydrogens is 439 g/mol. The molecule has 0 bridgehead atoms. The molecule has 0 spiro atoms. The van der Waals surface area contributed by atoms with Crippen molar-refractivity contribution in [1.82, 2.24) is 15.1 Å². The zero-order valence-electron chi connectivity index (χ0n) is 16.6. The molecule has 152 valence electrons. The highest BCUT2D eigenvalue weighted by Gasteiger charge is 2.27. The number of morpholine rings is 1. The minimum absolute atomic E-state index is 0. The van der Waals surface area contributed by atoms with Gasteiger partial charge in [0.05, 0.1) is 13.2 Å². The van der Waals surface area contributed by atoms with E-state index in [0.717, 1.165) is 63.7 Å². The number of rotatable bonds is 7. The number of unbranched alkanes of at least 4 members (excludes halogenated alkanes) is 1. The van der Waals surface area contributed by atoms with Crippen LogP contribution in [0.25, 0.3) is 0 Å². The van der Waals surface area contributed by atoms with Crippen LogP contribution in [0.3, 0.4) is 0 Å². The van der Waals surface area contributed by atoms with Crippen molar-refractivity contribution < 1.29 is 4.74 Å². The molecule has 3 fully saturated rings. The zero-order chi connectivity index (χ0) is 17.3. The molecule has 0 amide bonds. The number of nitrogens with one attached hydrogen (secondary N) is 1. The van der Waals surface area contributed by atoms with Gasteiger partial charge in [-0.15, -0.1) is 24.0 Å². The summed E-state index contributed by atoms with van der Waals surface area (Å²) in [5.41, 5.74) is 0. The van der Waals surface area contributed by atoms with Crippen molar-refractivity contribution in [2.24, 2.45) is 16.8 Å². The van der Waals surface area contributed by atoms with Crippen LogP contribution in [0.1, 0.15) is 51.4 Å². The Balaban J connectivity index is 0.00000243. The summed E-state index contributed by atoms with van der Waals surface area (Å²) in [7, 11) is 1.93. The number of nitrogens with zero attached hydrogens (tertiary/aromatic N) is 3. The molecule has 5 nitrogen and oxygen atoms in total. The molecule has 6 heteroatoms. The van der Waals surface area contributed by atoms with Gasteiger partial charge < -0.3 is 15.0 Å². The van der Waals surface area contributed by atoms with Crippen LogP contribution in [-0.2, 0) is 4.74 Å². The van der Waals surface area contributed by atoms with Gasteiger partial charge >= 0.3 is 0 Å². The fourth-order valence-electron chi connectivity index (χ4n) is 4.71. The van der Waals surface area contributed by atoms with E-state index in [1.165, 1.54) is 57.9 Å². The van der Waals surface area contributed by atoms with Gasteiger partial charge in [-0.2, -0.15) is 0 Å². The van der Waals surface area contributed by atoms with Crippen molar-refractivity contribution >= 4 is 29.9 Å². The molecule has 3 aliphatic rings. The van der Waals surface area contributed by atoms with Gasteiger partial charge in [0, 0.05) is 46.3 Å². The summed E-state index contributed by atoms with van der Waals surface area (Å²) in [5.74, 6) is 2.92. The first-order chi connectivity index (χ1) is 12.3. The first kappa shape index (κ1) is 22.2. The summed E-state index contributed by atoms with van der Waals surface area (Å²) < 4.78 is 5.46. The van der Waals surface area contributed by atoms with Crippen molar-refractivity contribution in [3.8, 4) is 0 Å². The Labute approximate surface area is 177 Å². The van der Waals surface area contributed by atoms with Crippen LogP contribution in [0, 0.1) is 11.8 Å². The number of guanidine groups is 1. The van der Waals surface area contributed by atoms with Crippen LogP contribution < -0.4 is 5.32 Å². The fraction of sp³-hybridized carbons (Fsp3) is 0.950. The summed E-state index contributed by atoms with van der Waals surface area (Å²) in [5, 5.41) is 3.60. The number of hydrogen-bond acceptors (Lipinski definition) is 3. The molecule has 1 unspecified atom stereocenters. The third-order valence-corrected chi connectivity index (χ3v) is 6.21. The molecule has 3 rings (SSSR count). The summed E-state index contributed by atoms with van der Waals surface area (Å²) in [6.07, 6.45) is 11.3. The minimum Gasteiger partial charge on any atom is -0.379 e. The van der Waals surface area contributed by atoms with Crippen LogP contribution in [0.15, 0.2) is 4.99 Å². The van der Waals surface area contributed by atoms with Crippen molar-refractivity contribution in [2.75, 3.05) is 59.5 Å². The average molecular weight is 478 g/mol. The van der Waals surface area contributed by atoms with Gasteiger partial charge in [-0.1, -0.05) is 38.5 Å². The Kier molecular flexibility index (Phi) is 10.6. The van der Waals surface area contributed by atoms with Crippen molar-refractivity contribution in [1.29, 1.82) is 0 Å². The van der Waals surface area contributed by atoms with Crippen molar-refractivity contribution in [2.45, 2.75) is 51.4 Å². The zero-order valence-corrected chi connectivity index (χ0v) is 19.0. The number of halogens is 1. The second kappa shape index (κ2) is 12.4. The van der Waals surface area contributed by atoms with Crippen LogP contribution >= 0.6 is 24.0 Å². The Hall–Kier alpha value is -0.0800. The van der Waals surface area contributed by atoms with Gasteiger partial charge in [-0.25, -0.2) is 0 Å². The van der Waals surface area contributed by atoms with Crippen LogP contribution in [0.4, 0.5) is 0 Å². The highest BCUT2D eigenvalue weighted by molar-refractivity contribution is 14.0. The summed E-state index contributed by atoms with van der Waals surface area (Å²) >= 11 is 0. The van der Waals surface area contributed by atoms with Crippen molar-refractivity contribution in [3.05, 3.63) is 0 Å². The van der Waals surface area contributed by atoms with E-state index in [-0.39, 0.29) is 24.0 Å². The Morgan fingerprint density at radius 1 is 1.04 bits per heavy atom. The normalized spacial score (nSPS) is 25.5. The first-order valence-electron chi connectivity index (χ1n) is 10.6. The highest BCUT2D eigenvalue weighted by atomic mass is 127. The maximum Gasteiger partial charge on any atom is 0.193 e. The Morgan fingerprint density at radius 3 is 2.54 bits per heavy atom. The minimum atomic E-state index is 0. The lowest BCUT2D eigenvalue weighted by Gasteiger charge is -2.29. The van der Waals surface area contributed by atoms with E-state index in [1.54, 1.807) is 0 Å². The van der Waals surface area contributed by atoms with Crippen molar-refractivity contribution in [3.63, 3.8) is 0 Å². The number of aliphatic imine (C=N–C) groups is 1. The summed E-state index contributed by atoms with van der Waals surface area (Å²) in [4.78, 5) is 9.55. The largest absolute Gasteiger partial charge is 0.379 e. The number of hydrogen-bond donors (Lipinski definition) is 1. The molecule has 1 N–H and O–H groups in total. The molecule has 1 atom stereocenters. The summed E-state index contributed by atoms with van der Waals surface area (Å²) in [6.45, 7) is 8.61. The topological polar surface area (TPSA) is 40.1 Å². The lowest BCUT2D eigenvalue weighted by atomic mass is 10.0. The van der Waals surface area contributed by atoms with E-state index in [9.17, 15) is 0 Å². The molecule has 1 saturated carbocycles. The SMILES string of the molecule is CN=C(NCCCCC1CCCC1)N1CCC(CN2CCOCC2)C1.I. The van der Waals surface area contributed by atoms with Gasteiger partial charge in [0.15, 0.2) is 5.96 Å². The van der Waals surface area contributed by atoms with Crippen LogP contribution in [-0.4, -0.2) is 75.3 Å². The maximum atomic E-state index is 5.46. The Morgan fingerprint density at radius 2 is 1.81 bits per heavy atom. The predicted octanol–water partition coefficient (Wildman–Crippen LogP) is 3.19. The van der Waals surface area contributed by atoms with E-state index in [0.29, 0.717) is 0 Å². The Bertz CT molecular complexity index is 409. The second-order valence-corrected chi connectivity index (χ2v) is 8.13. The van der Waals surface area contributed by atoms with Gasteiger partial charge in [-0.3, -0.25) is 9.89 Å². The lowest BCUT2D eigenvalue weighted by molar-refractivity contribution is 0.0315. The third-order valence-electron chi connectivity index (χ3n) is 6.21. The van der Waals surface area contributed by atoms with Crippen LogP contribution in [0.5, 0.6) is 0 Å². The summed E-state index contributed by atoms with van der Waals surface area (Å²) in [6, 6.07) is 0. The quantitative estimate of drug-likeness (QED) is 0.264. The van der Waals surface area contributed by atoms with Gasteiger partial charge in [0.1, 0.15) is 0 Å². The van der Waals surface area contributed by atoms with Gasteiger partial charge in [0.25, 0.3) is 0 Å². The molecule has 0 aromatic rings. The number of likely N-dealkylation sites (tertiary alicyclic amines) is 1. The second-order valence-electron chi connectivity index (χ2n) is 8.13. The molecule has 2 aliphatic heterocycles. The average Bonchev–Trinajstić information content (AvgIpc) is 3.31. The van der Waals surface area contributed by atoms with E-state index in [2.05, 4.69) is 20.1 Å². The van der Waals surface area contributed by atoms with Crippen LogP contribution in [0.2, 0.25) is 0 Å². The molecule has 26 heavy (non-hydrogen) atoms. The first-order valence-corrected chi connectivity index (χ1v) is 10.6. The molecule has 1 aliphatic carbocycles. The maximum absolute atomic E-state index is 5.46. The van der Waals surface area contributed by atoms with Gasteiger partial charge in [0.2, 0.25) is 0 Å². The molecule has 2 saturated heterocycles. The standard InChI is InChI=1S/C20H38N4O.HI/c1-21-20(22-10-5-4-8-18-6-2-3-7-18)24-11-9-19(17-24)16-23-12-14-25-15-13-23;/h18-19H,2-17H2,1H3,(H,21,22);1H. The highest BCUT2D eigenvalue weighted by Crippen LogP contribution is 2.28. The molecule has 0 radical (unpaired) electrons.